The van der Waals surface area contributed by atoms with Crippen LogP contribution >= 0.6 is 11.8 Å². The van der Waals surface area contributed by atoms with E-state index in [2.05, 4.69) is 35.6 Å². The number of carbonyl (C=O) groups excluding carboxylic acids is 1. The van der Waals surface area contributed by atoms with Gasteiger partial charge < -0.3 is 4.90 Å². The molecule has 7 heteroatoms. The van der Waals surface area contributed by atoms with Gasteiger partial charge in [0.25, 0.3) is 0 Å². The summed E-state index contributed by atoms with van der Waals surface area (Å²) < 4.78 is 1.99. The Morgan fingerprint density at radius 3 is 2.62 bits per heavy atom. The highest BCUT2D eigenvalue weighted by Crippen LogP contribution is 2.25. The first-order valence-electron chi connectivity index (χ1n) is 8.93. The second-order valence-electron chi connectivity index (χ2n) is 6.97. The highest BCUT2D eigenvalue weighted by Gasteiger charge is 2.25. The molecule has 1 saturated heterocycles. The summed E-state index contributed by atoms with van der Waals surface area (Å²) in [5.74, 6) is 2.45. The van der Waals surface area contributed by atoms with Crippen LogP contribution in [0.2, 0.25) is 0 Å². The molecule has 0 bridgehead atoms. The van der Waals surface area contributed by atoms with Crippen molar-refractivity contribution in [1.29, 1.82) is 0 Å². The van der Waals surface area contributed by atoms with E-state index < -0.39 is 0 Å². The highest BCUT2D eigenvalue weighted by molar-refractivity contribution is 7.99. The molecule has 0 N–H and O–H groups in total. The average molecular weight is 372 g/mol. The Morgan fingerprint density at radius 2 is 1.96 bits per heavy atom. The molecule has 3 heterocycles. The van der Waals surface area contributed by atoms with Gasteiger partial charge in [0.15, 0.2) is 11.0 Å². The molecule has 0 radical (unpaired) electrons. The molecule has 1 amide bonds. The number of likely N-dealkylation sites (tertiary alicyclic amines) is 1. The summed E-state index contributed by atoms with van der Waals surface area (Å²) in [6.45, 7) is 10.6. The molecular weight excluding hydrogens is 346 g/mol. The molecule has 2 aromatic rings. The van der Waals surface area contributed by atoms with Crippen molar-refractivity contribution in [1.82, 2.24) is 24.6 Å². The number of hydrogen-bond donors (Lipinski definition) is 0. The number of aromatic nitrogens is 4. The fourth-order valence-electron chi connectivity index (χ4n) is 3.49. The molecule has 26 heavy (non-hydrogen) atoms. The predicted octanol–water partition coefficient (Wildman–Crippen LogP) is 3.12. The van der Waals surface area contributed by atoms with Gasteiger partial charge in [-0.2, -0.15) is 0 Å². The number of carbonyl (C=O) groups is 1. The maximum Gasteiger partial charge on any atom is 0.233 e. The summed E-state index contributed by atoms with van der Waals surface area (Å²) in [5.41, 5.74) is 0.950. The molecule has 0 saturated carbocycles. The molecule has 0 aromatic carbocycles. The third-order valence-corrected chi connectivity index (χ3v) is 5.46. The Kier molecular flexibility index (Phi) is 6.08. The van der Waals surface area contributed by atoms with Gasteiger partial charge in [0.05, 0.1) is 5.75 Å². The van der Waals surface area contributed by atoms with Crippen LogP contribution in [0.4, 0.5) is 0 Å². The number of allylic oxidation sites excluding steroid dienone is 1. The molecular formula is C19H25N5OS. The molecule has 0 spiro atoms. The van der Waals surface area contributed by atoms with E-state index in [1.807, 2.05) is 27.7 Å². The van der Waals surface area contributed by atoms with E-state index in [-0.39, 0.29) is 5.91 Å². The second-order valence-corrected chi connectivity index (χ2v) is 7.92. The molecule has 6 nitrogen and oxygen atoms in total. The van der Waals surface area contributed by atoms with Gasteiger partial charge in [-0.15, -0.1) is 16.8 Å². The van der Waals surface area contributed by atoms with Crippen LogP contribution in [0.15, 0.2) is 42.3 Å². The lowest BCUT2D eigenvalue weighted by molar-refractivity contribution is -0.130. The number of pyridine rings is 1. The van der Waals surface area contributed by atoms with Crippen LogP contribution in [0.25, 0.3) is 11.4 Å². The molecule has 2 aromatic heterocycles. The van der Waals surface area contributed by atoms with Crippen molar-refractivity contribution in [3.63, 3.8) is 0 Å². The number of piperidine rings is 1. The first kappa shape index (κ1) is 18.6. The zero-order valence-corrected chi connectivity index (χ0v) is 16.2. The van der Waals surface area contributed by atoms with Crippen LogP contribution in [0.5, 0.6) is 0 Å². The normalized spacial score (nSPS) is 20.2. The lowest BCUT2D eigenvalue weighted by atomic mass is 9.92. The van der Waals surface area contributed by atoms with E-state index in [4.69, 9.17) is 0 Å². The SMILES string of the molecule is C=CCn1c(SCC(=O)N2C[C@@H](C)C[C@H](C)C2)nnc1-c1ccncc1. The number of thioether (sulfide) groups is 1. The van der Waals surface area contributed by atoms with Gasteiger partial charge in [0.1, 0.15) is 0 Å². The largest absolute Gasteiger partial charge is 0.341 e. The quantitative estimate of drug-likeness (QED) is 0.577. The molecule has 138 valence electrons. The summed E-state index contributed by atoms with van der Waals surface area (Å²) in [6.07, 6.45) is 6.47. The predicted molar refractivity (Wildman–Crippen MR) is 104 cm³/mol. The maximum absolute atomic E-state index is 12.6. The molecule has 2 atom stereocenters. The molecule has 0 unspecified atom stereocenters. The highest BCUT2D eigenvalue weighted by atomic mass is 32.2. The van der Waals surface area contributed by atoms with Crippen LogP contribution < -0.4 is 0 Å². The minimum Gasteiger partial charge on any atom is -0.341 e. The second kappa shape index (κ2) is 8.49. The van der Waals surface area contributed by atoms with E-state index >= 15 is 0 Å². The van der Waals surface area contributed by atoms with Gasteiger partial charge in [-0.3, -0.25) is 14.3 Å². The zero-order chi connectivity index (χ0) is 18.5. The monoisotopic (exact) mass is 371 g/mol. The van der Waals surface area contributed by atoms with Crippen molar-refractivity contribution in [3.8, 4) is 11.4 Å². The molecule has 0 aliphatic carbocycles. The van der Waals surface area contributed by atoms with Crippen LogP contribution in [-0.4, -0.2) is 49.4 Å². The van der Waals surface area contributed by atoms with Crippen molar-refractivity contribution < 1.29 is 4.79 Å². The zero-order valence-electron chi connectivity index (χ0n) is 15.3. The van der Waals surface area contributed by atoms with Gasteiger partial charge in [0.2, 0.25) is 5.91 Å². The Morgan fingerprint density at radius 1 is 1.27 bits per heavy atom. The van der Waals surface area contributed by atoms with Gasteiger partial charge in [0, 0.05) is 37.6 Å². The summed E-state index contributed by atoms with van der Waals surface area (Å²) in [7, 11) is 0. The van der Waals surface area contributed by atoms with Crippen LogP contribution in [0, 0.1) is 11.8 Å². The van der Waals surface area contributed by atoms with E-state index in [0.29, 0.717) is 24.1 Å². The molecule has 1 fully saturated rings. The average Bonchev–Trinajstić information content (AvgIpc) is 3.02. The third-order valence-electron chi connectivity index (χ3n) is 4.51. The Balaban J connectivity index is 1.71. The van der Waals surface area contributed by atoms with Gasteiger partial charge in [-0.25, -0.2) is 0 Å². The Hall–Kier alpha value is -2.15. The molecule has 1 aliphatic rings. The van der Waals surface area contributed by atoms with E-state index in [9.17, 15) is 4.79 Å². The third kappa shape index (κ3) is 4.33. The van der Waals surface area contributed by atoms with E-state index in [1.54, 1.807) is 12.4 Å². The molecule has 1 aliphatic heterocycles. The van der Waals surface area contributed by atoms with Crippen LogP contribution in [0.3, 0.4) is 0 Å². The number of amides is 1. The fourth-order valence-corrected chi connectivity index (χ4v) is 4.34. The van der Waals surface area contributed by atoms with Crippen LogP contribution in [0.1, 0.15) is 20.3 Å². The van der Waals surface area contributed by atoms with E-state index in [1.165, 1.54) is 18.2 Å². The fraction of sp³-hybridized carbons (Fsp3) is 0.474. The van der Waals surface area contributed by atoms with Crippen molar-refractivity contribution in [2.45, 2.75) is 32.0 Å². The van der Waals surface area contributed by atoms with Gasteiger partial charge >= 0.3 is 0 Å². The number of hydrogen-bond acceptors (Lipinski definition) is 5. The summed E-state index contributed by atoms with van der Waals surface area (Å²) in [6, 6.07) is 3.80. The van der Waals surface area contributed by atoms with E-state index in [0.717, 1.165) is 29.6 Å². The minimum atomic E-state index is 0.173. The van der Waals surface area contributed by atoms with Crippen LogP contribution in [-0.2, 0) is 11.3 Å². The van der Waals surface area contributed by atoms with Gasteiger partial charge in [-0.1, -0.05) is 31.7 Å². The van der Waals surface area contributed by atoms with Crippen molar-refractivity contribution >= 4 is 17.7 Å². The lowest BCUT2D eigenvalue weighted by Gasteiger charge is -2.34. The lowest BCUT2D eigenvalue weighted by Crippen LogP contribution is -2.43. The number of rotatable bonds is 6. The minimum absolute atomic E-state index is 0.173. The standard InChI is InChI=1S/C19H25N5OS/c1-4-9-24-18(16-5-7-20-8-6-16)21-22-19(24)26-13-17(25)23-11-14(2)10-15(3)12-23/h4-8,14-15H,1,9-13H2,2-3H3/t14-,15-/m0/s1. The summed E-state index contributed by atoms with van der Waals surface area (Å²) >= 11 is 1.44. The number of nitrogens with zero attached hydrogens (tertiary/aromatic N) is 5. The smallest absolute Gasteiger partial charge is 0.233 e. The first-order valence-corrected chi connectivity index (χ1v) is 9.92. The van der Waals surface area contributed by atoms with Gasteiger partial charge in [-0.05, 0) is 30.4 Å². The van der Waals surface area contributed by atoms with Crippen molar-refractivity contribution in [3.05, 3.63) is 37.2 Å². The topological polar surface area (TPSA) is 63.9 Å². The van der Waals surface area contributed by atoms with Crippen molar-refractivity contribution in [2.24, 2.45) is 11.8 Å². The van der Waals surface area contributed by atoms with Crippen molar-refractivity contribution in [2.75, 3.05) is 18.8 Å². The molecule has 3 rings (SSSR count). The summed E-state index contributed by atoms with van der Waals surface area (Å²) in [4.78, 5) is 18.7. The summed E-state index contributed by atoms with van der Waals surface area (Å²) in [5, 5.41) is 9.35. The first-order chi connectivity index (χ1) is 12.6. The Labute approximate surface area is 158 Å². The maximum atomic E-state index is 12.6. The Bertz CT molecular complexity index is 751.